The summed E-state index contributed by atoms with van der Waals surface area (Å²) in [4.78, 5) is 4.55. The minimum atomic E-state index is 0.674. The van der Waals surface area contributed by atoms with Crippen LogP contribution in [-0.4, -0.2) is 18.1 Å². The third-order valence-electron chi connectivity index (χ3n) is 3.11. The monoisotopic (exact) mass is 270 g/mol. The molecular weight excluding hydrogens is 248 g/mol. The van der Waals surface area contributed by atoms with Gasteiger partial charge in [0, 0.05) is 18.7 Å². The molecule has 3 nitrogen and oxygen atoms in total. The molecule has 0 unspecified atom stereocenters. The lowest BCUT2D eigenvalue weighted by atomic mass is 10.2. The van der Waals surface area contributed by atoms with Crippen LogP contribution in [0.3, 0.4) is 0 Å². The molecular formula is C17H22N2O. The van der Waals surface area contributed by atoms with Crippen LogP contribution in [0.1, 0.15) is 23.9 Å². The molecule has 3 heteroatoms. The molecule has 0 aliphatic heterocycles. The van der Waals surface area contributed by atoms with Crippen molar-refractivity contribution in [2.45, 2.75) is 26.8 Å². The Balaban J connectivity index is 1.94. The Morgan fingerprint density at radius 3 is 2.65 bits per heavy atom. The van der Waals surface area contributed by atoms with E-state index in [1.54, 1.807) is 0 Å². The number of hydrogen-bond acceptors (Lipinski definition) is 3. The zero-order chi connectivity index (χ0) is 14.2. The maximum absolute atomic E-state index is 5.89. The summed E-state index contributed by atoms with van der Waals surface area (Å²) in [7, 11) is 0. The van der Waals surface area contributed by atoms with Gasteiger partial charge in [0.1, 0.15) is 5.75 Å². The van der Waals surface area contributed by atoms with Gasteiger partial charge in [0.25, 0.3) is 0 Å². The SMILES string of the molecule is CCNCc1nc(C)ccc1OCCc1ccccc1. The van der Waals surface area contributed by atoms with E-state index in [0.29, 0.717) is 6.61 Å². The van der Waals surface area contributed by atoms with Crippen molar-refractivity contribution < 1.29 is 4.74 Å². The molecule has 0 saturated carbocycles. The number of nitrogens with one attached hydrogen (secondary N) is 1. The highest BCUT2D eigenvalue weighted by Crippen LogP contribution is 2.17. The van der Waals surface area contributed by atoms with Crippen LogP contribution in [0, 0.1) is 6.92 Å². The number of hydrogen-bond donors (Lipinski definition) is 1. The molecule has 0 bridgehead atoms. The molecule has 0 aliphatic rings. The first kappa shape index (κ1) is 14.5. The van der Waals surface area contributed by atoms with Crippen LogP contribution in [0.4, 0.5) is 0 Å². The zero-order valence-corrected chi connectivity index (χ0v) is 12.2. The van der Waals surface area contributed by atoms with Gasteiger partial charge in [-0.15, -0.1) is 0 Å². The predicted molar refractivity (Wildman–Crippen MR) is 82.0 cm³/mol. The van der Waals surface area contributed by atoms with Crippen LogP contribution in [0.5, 0.6) is 5.75 Å². The molecule has 0 aliphatic carbocycles. The van der Waals surface area contributed by atoms with Crippen LogP contribution in [0.2, 0.25) is 0 Å². The summed E-state index contributed by atoms with van der Waals surface area (Å²) in [5.74, 6) is 0.882. The highest BCUT2D eigenvalue weighted by Gasteiger charge is 2.05. The molecule has 0 saturated heterocycles. The van der Waals surface area contributed by atoms with Crippen molar-refractivity contribution in [3.05, 3.63) is 59.4 Å². The molecule has 2 rings (SSSR count). The third-order valence-corrected chi connectivity index (χ3v) is 3.11. The first-order valence-corrected chi connectivity index (χ1v) is 7.13. The van der Waals surface area contributed by atoms with Crippen molar-refractivity contribution in [2.75, 3.05) is 13.2 Å². The third kappa shape index (κ3) is 4.35. The molecule has 0 fully saturated rings. The fourth-order valence-corrected chi connectivity index (χ4v) is 2.02. The molecule has 0 spiro atoms. The summed E-state index contributed by atoms with van der Waals surface area (Å²) < 4.78 is 5.89. The summed E-state index contributed by atoms with van der Waals surface area (Å²) in [5.41, 5.74) is 3.30. The average molecular weight is 270 g/mol. The number of aromatic nitrogens is 1. The summed E-state index contributed by atoms with van der Waals surface area (Å²) in [6.45, 7) is 6.45. The van der Waals surface area contributed by atoms with Gasteiger partial charge in [0.2, 0.25) is 0 Å². The molecule has 0 atom stereocenters. The summed E-state index contributed by atoms with van der Waals surface area (Å²) >= 11 is 0. The van der Waals surface area contributed by atoms with Crippen molar-refractivity contribution in [1.29, 1.82) is 0 Å². The van der Waals surface area contributed by atoms with E-state index in [1.807, 2.05) is 25.1 Å². The van der Waals surface area contributed by atoms with Crippen molar-refractivity contribution in [2.24, 2.45) is 0 Å². The lowest BCUT2D eigenvalue weighted by Gasteiger charge is -2.12. The van der Waals surface area contributed by atoms with Gasteiger partial charge < -0.3 is 10.1 Å². The van der Waals surface area contributed by atoms with Crippen molar-refractivity contribution in [1.82, 2.24) is 10.3 Å². The van der Waals surface area contributed by atoms with Gasteiger partial charge in [0.15, 0.2) is 0 Å². The maximum Gasteiger partial charge on any atom is 0.142 e. The maximum atomic E-state index is 5.89. The Bertz CT molecular complexity index is 526. The van der Waals surface area contributed by atoms with Gasteiger partial charge in [-0.05, 0) is 31.2 Å². The highest BCUT2D eigenvalue weighted by atomic mass is 16.5. The Kier molecular flexibility index (Phi) is 5.56. The van der Waals surface area contributed by atoms with Crippen LogP contribution >= 0.6 is 0 Å². The number of aryl methyl sites for hydroxylation is 1. The minimum absolute atomic E-state index is 0.674. The molecule has 20 heavy (non-hydrogen) atoms. The topological polar surface area (TPSA) is 34.2 Å². The van der Waals surface area contributed by atoms with E-state index in [4.69, 9.17) is 4.74 Å². The Morgan fingerprint density at radius 2 is 1.90 bits per heavy atom. The molecule has 0 amide bonds. The van der Waals surface area contributed by atoms with Gasteiger partial charge in [-0.2, -0.15) is 0 Å². The highest BCUT2D eigenvalue weighted by molar-refractivity contribution is 5.29. The Morgan fingerprint density at radius 1 is 1.10 bits per heavy atom. The fourth-order valence-electron chi connectivity index (χ4n) is 2.02. The smallest absolute Gasteiger partial charge is 0.142 e. The molecule has 1 aromatic carbocycles. The lowest BCUT2D eigenvalue weighted by molar-refractivity contribution is 0.315. The number of benzene rings is 1. The van der Waals surface area contributed by atoms with E-state index < -0.39 is 0 Å². The van der Waals surface area contributed by atoms with E-state index >= 15 is 0 Å². The fraction of sp³-hybridized carbons (Fsp3) is 0.353. The number of nitrogens with zero attached hydrogens (tertiary/aromatic N) is 1. The molecule has 1 heterocycles. The average Bonchev–Trinajstić information content (AvgIpc) is 2.48. The van der Waals surface area contributed by atoms with Gasteiger partial charge >= 0.3 is 0 Å². The summed E-state index contributed by atoms with van der Waals surface area (Å²) in [6, 6.07) is 14.4. The van der Waals surface area contributed by atoms with Crippen molar-refractivity contribution in [3.63, 3.8) is 0 Å². The summed E-state index contributed by atoms with van der Waals surface area (Å²) in [6.07, 6.45) is 0.912. The first-order valence-electron chi connectivity index (χ1n) is 7.13. The van der Waals surface area contributed by atoms with E-state index in [1.165, 1.54) is 5.56 Å². The Hall–Kier alpha value is -1.87. The van der Waals surface area contributed by atoms with E-state index in [0.717, 1.165) is 36.6 Å². The molecule has 2 aromatic rings. The normalized spacial score (nSPS) is 10.5. The standard InChI is InChI=1S/C17H22N2O/c1-3-18-13-16-17(10-9-14(2)19-16)20-12-11-15-7-5-4-6-8-15/h4-10,18H,3,11-13H2,1-2H3. The van der Waals surface area contributed by atoms with Crippen LogP contribution in [0.15, 0.2) is 42.5 Å². The number of ether oxygens (including phenoxy) is 1. The molecule has 1 aromatic heterocycles. The largest absolute Gasteiger partial charge is 0.491 e. The summed E-state index contributed by atoms with van der Waals surface area (Å²) in [5, 5.41) is 3.30. The van der Waals surface area contributed by atoms with Crippen LogP contribution < -0.4 is 10.1 Å². The second-order valence-electron chi connectivity index (χ2n) is 4.76. The van der Waals surface area contributed by atoms with Gasteiger partial charge in [0.05, 0.1) is 12.3 Å². The van der Waals surface area contributed by atoms with Crippen molar-refractivity contribution in [3.8, 4) is 5.75 Å². The lowest BCUT2D eigenvalue weighted by Crippen LogP contribution is -2.15. The van der Waals surface area contributed by atoms with Crippen LogP contribution in [0.25, 0.3) is 0 Å². The van der Waals surface area contributed by atoms with Crippen LogP contribution in [-0.2, 0) is 13.0 Å². The van der Waals surface area contributed by atoms with E-state index in [2.05, 4.69) is 41.5 Å². The van der Waals surface area contributed by atoms with Gasteiger partial charge in [-0.25, -0.2) is 0 Å². The number of pyridine rings is 1. The second kappa shape index (κ2) is 7.65. The van der Waals surface area contributed by atoms with Gasteiger partial charge in [-0.1, -0.05) is 37.3 Å². The van der Waals surface area contributed by atoms with E-state index in [-0.39, 0.29) is 0 Å². The van der Waals surface area contributed by atoms with Gasteiger partial charge in [-0.3, -0.25) is 4.98 Å². The quantitative estimate of drug-likeness (QED) is 0.839. The first-order chi connectivity index (χ1) is 9.79. The number of rotatable bonds is 7. The predicted octanol–water partition coefficient (Wildman–Crippen LogP) is 3.12. The zero-order valence-electron chi connectivity index (χ0n) is 12.2. The Labute approximate surface area is 121 Å². The van der Waals surface area contributed by atoms with Crippen molar-refractivity contribution >= 4 is 0 Å². The molecule has 1 N–H and O–H groups in total. The second-order valence-corrected chi connectivity index (χ2v) is 4.76. The molecule has 0 radical (unpaired) electrons. The van der Waals surface area contributed by atoms with E-state index in [9.17, 15) is 0 Å². The minimum Gasteiger partial charge on any atom is -0.491 e. The molecule has 106 valence electrons.